The predicted octanol–water partition coefficient (Wildman–Crippen LogP) is 4.60. The molecule has 2 aromatic rings. The molecular formula is C22H25F2NO3. The number of ether oxygens (including phenoxy) is 1. The molecule has 2 rings (SSSR count). The minimum absolute atomic E-state index is 0.103. The van der Waals surface area contributed by atoms with Crippen molar-refractivity contribution in [3.63, 3.8) is 0 Å². The number of nitrogens with one attached hydrogen (secondary N) is 1. The van der Waals surface area contributed by atoms with E-state index in [9.17, 15) is 18.4 Å². The van der Waals surface area contributed by atoms with Crippen molar-refractivity contribution in [2.45, 2.75) is 33.3 Å². The monoisotopic (exact) mass is 389 g/mol. The lowest BCUT2D eigenvalue weighted by Gasteiger charge is -2.26. The Morgan fingerprint density at radius 3 is 1.89 bits per heavy atom. The molecule has 0 spiro atoms. The van der Waals surface area contributed by atoms with E-state index in [1.165, 1.54) is 48.5 Å². The lowest BCUT2D eigenvalue weighted by atomic mass is 9.92. The van der Waals surface area contributed by atoms with E-state index in [0.717, 1.165) is 6.42 Å². The summed E-state index contributed by atoms with van der Waals surface area (Å²) in [6.07, 6.45) is 0.287. The van der Waals surface area contributed by atoms with Crippen molar-refractivity contribution in [3.8, 4) is 0 Å². The standard InChI is InChI=1S/C22H25F2NO3/c1-14(2)12-18(13-25-21(26)16-4-8-19(23)9-5-16)15(3)28-22(27)17-6-10-20(24)11-7-17/h4-11,14-15,18H,12-13H2,1-3H3,(H,25,26). The van der Waals surface area contributed by atoms with Crippen LogP contribution in [0.4, 0.5) is 8.78 Å². The molecule has 0 bridgehead atoms. The summed E-state index contributed by atoms with van der Waals surface area (Å²) in [7, 11) is 0. The molecule has 2 aromatic carbocycles. The fourth-order valence-corrected chi connectivity index (χ4v) is 2.89. The fraction of sp³-hybridized carbons (Fsp3) is 0.364. The lowest BCUT2D eigenvalue weighted by molar-refractivity contribution is 0.0168. The summed E-state index contributed by atoms with van der Waals surface area (Å²) < 4.78 is 31.5. The number of carbonyl (C=O) groups is 2. The van der Waals surface area contributed by atoms with Crippen molar-refractivity contribution < 1.29 is 23.1 Å². The molecule has 0 aliphatic rings. The highest BCUT2D eigenvalue weighted by atomic mass is 19.1. The van der Waals surface area contributed by atoms with Gasteiger partial charge in [0.15, 0.2) is 0 Å². The Kier molecular flexibility index (Phi) is 7.67. The lowest BCUT2D eigenvalue weighted by Crippen LogP contribution is -2.36. The molecular weight excluding hydrogens is 364 g/mol. The van der Waals surface area contributed by atoms with Gasteiger partial charge in [-0.05, 0) is 67.8 Å². The predicted molar refractivity (Wildman–Crippen MR) is 103 cm³/mol. The molecule has 0 heterocycles. The van der Waals surface area contributed by atoms with Crippen LogP contribution in [0.2, 0.25) is 0 Å². The minimum atomic E-state index is -0.536. The minimum Gasteiger partial charge on any atom is -0.459 e. The highest BCUT2D eigenvalue weighted by Crippen LogP contribution is 2.19. The van der Waals surface area contributed by atoms with Crippen LogP contribution in [0.1, 0.15) is 47.9 Å². The van der Waals surface area contributed by atoms with Crippen molar-refractivity contribution in [2.24, 2.45) is 11.8 Å². The molecule has 0 saturated heterocycles. The Bertz CT molecular complexity index is 788. The van der Waals surface area contributed by atoms with E-state index in [2.05, 4.69) is 5.32 Å². The fourth-order valence-electron chi connectivity index (χ4n) is 2.89. The second kappa shape index (κ2) is 9.97. The second-order valence-electron chi connectivity index (χ2n) is 7.22. The van der Waals surface area contributed by atoms with Gasteiger partial charge in [0.1, 0.15) is 17.7 Å². The summed E-state index contributed by atoms with van der Waals surface area (Å²) in [5.41, 5.74) is 0.632. The van der Waals surface area contributed by atoms with Gasteiger partial charge in [-0.2, -0.15) is 0 Å². The third kappa shape index (κ3) is 6.44. The largest absolute Gasteiger partial charge is 0.459 e. The topological polar surface area (TPSA) is 55.4 Å². The molecule has 1 amide bonds. The number of esters is 1. The van der Waals surface area contributed by atoms with Gasteiger partial charge in [0.05, 0.1) is 5.56 Å². The quantitative estimate of drug-likeness (QED) is 0.671. The summed E-state index contributed by atoms with van der Waals surface area (Å²) in [6, 6.07) is 10.4. The summed E-state index contributed by atoms with van der Waals surface area (Å²) in [6.45, 7) is 6.18. The zero-order valence-corrected chi connectivity index (χ0v) is 16.2. The Hall–Kier alpha value is -2.76. The maximum atomic E-state index is 13.0. The molecule has 0 fully saturated rings. The summed E-state index contributed by atoms with van der Waals surface area (Å²) in [4.78, 5) is 24.5. The van der Waals surface area contributed by atoms with Crippen LogP contribution < -0.4 is 5.32 Å². The van der Waals surface area contributed by atoms with Crippen LogP contribution in [0.5, 0.6) is 0 Å². The summed E-state index contributed by atoms with van der Waals surface area (Å²) in [5.74, 6) is -1.45. The maximum Gasteiger partial charge on any atom is 0.338 e. The molecule has 2 atom stereocenters. The zero-order valence-electron chi connectivity index (χ0n) is 16.2. The molecule has 28 heavy (non-hydrogen) atoms. The van der Waals surface area contributed by atoms with E-state index in [-0.39, 0.29) is 17.4 Å². The number of hydrogen-bond acceptors (Lipinski definition) is 3. The van der Waals surface area contributed by atoms with Crippen molar-refractivity contribution in [1.29, 1.82) is 0 Å². The molecule has 0 aliphatic heterocycles. The highest BCUT2D eigenvalue weighted by molar-refractivity contribution is 5.94. The summed E-state index contributed by atoms with van der Waals surface area (Å²) in [5, 5.41) is 2.82. The average Bonchev–Trinajstić information content (AvgIpc) is 2.65. The first-order chi connectivity index (χ1) is 13.3. The maximum absolute atomic E-state index is 13.0. The number of halogens is 2. The van der Waals surface area contributed by atoms with E-state index in [1.807, 2.05) is 13.8 Å². The first-order valence-electron chi connectivity index (χ1n) is 9.26. The van der Waals surface area contributed by atoms with E-state index in [4.69, 9.17) is 4.74 Å². The van der Waals surface area contributed by atoms with Gasteiger partial charge in [0.25, 0.3) is 5.91 Å². The van der Waals surface area contributed by atoms with Crippen LogP contribution in [-0.2, 0) is 4.74 Å². The van der Waals surface area contributed by atoms with Crippen LogP contribution in [0.3, 0.4) is 0 Å². The van der Waals surface area contributed by atoms with Crippen molar-refractivity contribution >= 4 is 11.9 Å². The molecule has 0 saturated carbocycles. The van der Waals surface area contributed by atoms with E-state index in [1.54, 1.807) is 6.92 Å². The first kappa shape index (κ1) is 21.5. The van der Waals surface area contributed by atoms with Crippen LogP contribution in [-0.4, -0.2) is 24.5 Å². The molecule has 150 valence electrons. The number of hydrogen-bond donors (Lipinski definition) is 1. The highest BCUT2D eigenvalue weighted by Gasteiger charge is 2.23. The third-order valence-electron chi connectivity index (χ3n) is 4.44. The van der Waals surface area contributed by atoms with Crippen molar-refractivity contribution in [3.05, 3.63) is 71.3 Å². The van der Waals surface area contributed by atoms with Crippen LogP contribution in [0.25, 0.3) is 0 Å². The van der Waals surface area contributed by atoms with Gasteiger partial charge in [-0.15, -0.1) is 0 Å². The molecule has 2 unspecified atom stereocenters. The van der Waals surface area contributed by atoms with E-state index in [0.29, 0.717) is 18.0 Å². The van der Waals surface area contributed by atoms with E-state index >= 15 is 0 Å². The van der Waals surface area contributed by atoms with Gasteiger partial charge < -0.3 is 10.1 Å². The smallest absolute Gasteiger partial charge is 0.338 e. The molecule has 4 nitrogen and oxygen atoms in total. The van der Waals surface area contributed by atoms with Gasteiger partial charge in [0, 0.05) is 18.0 Å². The Labute approximate surface area is 163 Å². The first-order valence-corrected chi connectivity index (χ1v) is 9.26. The summed E-state index contributed by atoms with van der Waals surface area (Å²) >= 11 is 0. The zero-order chi connectivity index (χ0) is 20.7. The van der Waals surface area contributed by atoms with Crippen molar-refractivity contribution in [1.82, 2.24) is 5.32 Å². The van der Waals surface area contributed by atoms with Gasteiger partial charge in [-0.25, -0.2) is 13.6 Å². The van der Waals surface area contributed by atoms with Gasteiger partial charge >= 0.3 is 5.97 Å². The molecule has 0 aliphatic carbocycles. The SMILES string of the molecule is CC(C)CC(CNC(=O)c1ccc(F)cc1)C(C)OC(=O)c1ccc(F)cc1. The number of amides is 1. The van der Waals surface area contributed by atoms with Gasteiger partial charge in [0.2, 0.25) is 0 Å². The number of carbonyl (C=O) groups excluding carboxylic acids is 2. The molecule has 1 N–H and O–H groups in total. The molecule has 0 radical (unpaired) electrons. The molecule has 0 aromatic heterocycles. The number of rotatable bonds is 8. The van der Waals surface area contributed by atoms with Crippen LogP contribution in [0.15, 0.2) is 48.5 Å². The average molecular weight is 389 g/mol. The Morgan fingerprint density at radius 1 is 0.893 bits per heavy atom. The molecule has 6 heteroatoms. The Balaban J connectivity index is 1.98. The Morgan fingerprint density at radius 2 is 1.39 bits per heavy atom. The van der Waals surface area contributed by atoms with Crippen molar-refractivity contribution in [2.75, 3.05) is 6.54 Å². The van der Waals surface area contributed by atoms with Gasteiger partial charge in [-0.1, -0.05) is 13.8 Å². The normalized spacial score (nSPS) is 13.1. The third-order valence-corrected chi connectivity index (χ3v) is 4.44. The van der Waals surface area contributed by atoms with Crippen LogP contribution in [0, 0.1) is 23.5 Å². The van der Waals surface area contributed by atoms with E-state index < -0.39 is 23.7 Å². The number of benzene rings is 2. The van der Waals surface area contributed by atoms with Crippen LogP contribution >= 0.6 is 0 Å². The van der Waals surface area contributed by atoms with Gasteiger partial charge in [-0.3, -0.25) is 4.79 Å². The second-order valence-corrected chi connectivity index (χ2v) is 7.22.